The van der Waals surface area contributed by atoms with Crippen LogP contribution >= 0.6 is 0 Å². The van der Waals surface area contributed by atoms with Gasteiger partial charge in [-0.2, -0.15) is 0 Å². The van der Waals surface area contributed by atoms with E-state index in [-0.39, 0.29) is 17.9 Å². The van der Waals surface area contributed by atoms with Crippen LogP contribution in [0.25, 0.3) is 0 Å². The van der Waals surface area contributed by atoms with Crippen LogP contribution in [0, 0.1) is 26.7 Å². The third kappa shape index (κ3) is 3.06. The van der Waals surface area contributed by atoms with Gasteiger partial charge in [-0.05, 0) is 26.8 Å². The Morgan fingerprint density at radius 3 is 2.77 bits per heavy atom. The van der Waals surface area contributed by atoms with Crippen molar-refractivity contribution in [3.8, 4) is 0 Å². The third-order valence-corrected chi connectivity index (χ3v) is 3.94. The molecule has 3 heterocycles. The van der Waals surface area contributed by atoms with Gasteiger partial charge in [0.2, 0.25) is 0 Å². The van der Waals surface area contributed by atoms with Gasteiger partial charge in [0, 0.05) is 18.4 Å². The van der Waals surface area contributed by atoms with Gasteiger partial charge in [-0.1, -0.05) is 5.16 Å². The molecule has 22 heavy (non-hydrogen) atoms. The molecule has 1 aliphatic heterocycles. The minimum atomic E-state index is -0.122. The van der Waals surface area contributed by atoms with Crippen molar-refractivity contribution in [3.05, 3.63) is 40.7 Å². The van der Waals surface area contributed by atoms with E-state index in [0.717, 1.165) is 17.2 Å². The molecule has 0 unspecified atom stereocenters. The number of rotatable bonds is 4. The zero-order chi connectivity index (χ0) is 15.7. The van der Waals surface area contributed by atoms with Crippen molar-refractivity contribution < 1.29 is 18.5 Å². The summed E-state index contributed by atoms with van der Waals surface area (Å²) < 4.78 is 16.2. The molecule has 2 aromatic rings. The minimum Gasteiger partial charge on any atom is -0.466 e. The van der Waals surface area contributed by atoms with E-state index in [1.165, 1.54) is 0 Å². The number of amides is 1. The summed E-state index contributed by atoms with van der Waals surface area (Å²) in [4.78, 5) is 12.4. The van der Waals surface area contributed by atoms with Gasteiger partial charge in [-0.3, -0.25) is 4.79 Å². The van der Waals surface area contributed by atoms with Crippen LogP contribution in [-0.2, 0) is 11.2 Å². The lowest BCUT2D eigenvalue weighted by atomic mass is 9.98. The molecule has 6 heteroatoms. The van der Waals surface area contributed by atoms with Crippen molar-refractivity contribution in [3.63, 3.8) is 0 Å². The van der Waals surface area contributed by atoms with Crippen molar-refractivity contribution in [2.45, 2.75) is 33.2 Å². The number of nitrogens with zero attached hydrogens (tertiary/aromatic N) is 1. The summed E-state index contributed by atoms with van der Waals surface area (Å²) in [5, 5.41) is 6.93. The highest BCUT2D eigenvalue weighted by atomic mass is 16.5. The first-order chi connectivity index (χ1) is 10.5. The average molecular weight is 304 g/mol. The van der Waals surface area contributed by atoms with Crippen molar-refractivity contribution >= 4 is 5.91 Å². The predicted molar refractivity (Wildman–Crippen MR) is 78.7 cm³/mol. The van der Waals surface area contributed by atoms with Gasteiger partial charge < -0.3 is 19.0 Å². The van der Waals surface area contributed by atoms with Gasteiger partial charge in [0.15, 0.2) is 0 Å². The first-order valence-electron chi connectivity index (χ1n) is 7.41. The van der Waals surface area contributed by atoms with Crippen LogP contribution in [0.1, 0.15) is 33.3 Å². The maximum atomic E-state index is 12.4. The van der Waals surface area contributed by atoms with Gasteiger partial charge in [0.25, 0.3) is 5.91 Å². The molecule has 118 valence electrons. The molecule has 0 saturated carbocycles. The first kappa shape index (κ1) is 14.8. The number of ether oxygens (including phenoxy) is 1. The van der Waals surface area contributed by atoms with Crippen molar-refractivity contribution in [2.24, 2.45) is 5.92 Å². The van der Waals surface area contributed by atoms with Crippen LogP contribution in [0.2, 0.25) is 0 Å². The third-order valence-electron chi connectivity index (χ3n) is 3.94. The van der Waals surface area contributed by atoms with Crippen molar-refractivity contribution in [1.82, 2.24) is 10.5 Å². The Balaban J connectivity index is 1.66. The quantitative estimate of drug-likeness (QED) is 0.936. The Kier molecular flexibility index (Phi) is 4.02. The Morgan fingerprint density at radius 2 is 2.14 bits per heavy atom. The van der Waals surface area contributed by atoms with Crippen LogP contribution in [0.3, 0.4) is 0 Å². The maximum Gasteiger partial charge on any atom is 0.255 e. The normalized spacial score (nSPS) is 21.2. The van der Waals surface area contributed by atoms with E-state index in [9.17, 15) is 4.79 Å². The summed E-state index contributed by atoms with van der Waals surface area (Å²) >= 11 is 0. The van der Waals surface area contributed by atoms with Gasteiger partial charge >= 0.3 is 0 Å². The van der Waals surface area contributed by atoms with E-state index in [1.807, 2.05) is 19.9 Å². The molecular formula is C16H20N2O4. The summed E-state index contributed by atoms with van der Waals surface area (Å²) in [5.74, 6) is 2.26. The zero-order valence-corrected chi connectivity index (χ0v) is 13.0. The molecule has 0 aromatic carbocycles. The summed E-state index contributed by atoms with van der Waals surface area (Å²) in [5.41, 5.74) is 1.44. The lowest BCUT2D eigenvalue weighted by Gasteiger charge is -2.17. The number of nitrogens with one attached hydrogen (secondary N) is 1. The number of hydrogen-bond donors (Lipinski definition) is 1. The highest BCUT2D eigenvalue weighted by Crippen LogP contribution is 2.21. The average Bonchev–Trinajstić information content (AvgIpc) is 3.13. The fourth-order valence-corrected chi connectivity index (χ4v) is 2.83. The number of aromatic nitrogens is 1. The SMILES string of the molecule is Cc1cc(C[C@@H]2COC[C@@H]2NC(=O)c2cc(C)oc2C)on1. The van der Waals surface area contributed by atoms with Crippen LogP contribution in [0.5, 0.6) is 0 Å². The van der Waals surface area contributed by atoms with E-state index in [1.54, 1.807) is 13.0 Å². The number of carbonyl (C=O) groups is 1. The molecule has 6 nitrogen and oxygen atoms in total. The van der Waals surface area contributed by atoms with Gasteiger partial charge in [-0.15, -0.1) is 0 Å². The predicted octanol–water partition coefficient (Wildman–Crippen LogP) is 2.18. The van der Waals surface area contributed by atoms with Crippen molar-refractivity contribution in [1.29, 1.82) is 0 Å². The summed E-state index contributed by atoms with van der Waals surface area (Å²) in [6, 6.07) is 3.64. The van der Waals surface area contributed by atoms with E-state index >= 15 is 0 Å². The lowest BCUT2D eigenvalue weighted by molar-refractivity contribution is 0.0923. The van der Waals surface area contributed by atoms with E-state index in [2.05, 4.69) is 10.5 Å². The molecule has 1 fully saturated rings. The Labute approximate surface area is 128 Å². The molecule has 1 N–H and O–H groups in total. The van der Waals surface area contributed by atoms with E-state index in [0.29, 0.717) is 31.0 Å². The van der Waals surface area contributed by atoms with Gasteiger partial charge in [0.05, 0.1) is 30.5 Å². The fourth-order valence-electron chi connectivity index (χ4n) is 2.83. The number of carbonyl (C=O) groups excluding carboxylic acids is 1. The number of aryl methyl sites for hydroxylation is 3. The largest absolute Gasteiger partial charge is 0.466 e. The van der Waals surface area contributed by atoms with E-state index in [4.69, 9.17) is 13.7 Å². The maximum absolute atomic E-state index is 12.4. The highest BCUT2D eigenvalue weighted by Gasteiger charge is 2.31. The topological polar surface area (TPSA) is 77.5 Å². The van der Waals surface area contributed by atoms with E-state index < -0.39 is 0 Å². The second kappa shape index (κ2) is 5.96. The summed E-state index contributed by atoms with van der Waals surface area (Å²) in [6.07, 6.45) is 0.704. The molecule has 2 atom stereocenters. The minimum absolute atomic E-state index is 0.0347. The smallest absolute Gasteiger partial charge is 0.255 e. The van der Waals surface area contributed by atoms with Crippen LogP contribution in [0.15, 0.2) is 21.1 Å². The molecule has 0 bridgehead atoms. The second-order valence-electron chi connectivity index (χ2n) is 5.84. The molecule has 1 saturated heterocycles. The number of hydrogen-bond acceptors (Lipinski definition) is 5. The Bertz CT molecular complexity index is 673. The van der Waals surface area contributed by atoms with Crippen LogP contribution < -0.4 is 5.32 Å². The highest BCUT2D eigenvalue weighted by molar-refractivity contribution is 5.95. The standard InChI is InChI=1S/C16H20N2O4/c1-9-4-13(22-18-9)6-12-7-20-8-15(12)17-16(19)14-5-10(2)21-11(14)3/h4-5,12,15H,6-8H2,1-3H3,(H,17,19)/t12-,15+/m1/s1. The fraction of sp³-hybridized carbons (Fsp3) is 0.500. The summed E-state index contributed by atoms with van der Waals surface area (Å²) in [6.45, 7) is 6.63. The second-order valence-corrected chi connectivity index (χ2v) is 5.84. The van der Waals surface area contributed by atoms with Gasteiger partial charge in [-0.25, -0.2) is 0 Å². The molecule has 3 rings (SSSR count). The molecule has 0 radical (unpaired) electrons. The zero-order valence-electron chi connectivity index (χ0n) is 13.0. The first-order valence-corrected chi connectivity index (χ1v) is 7.41. The monoisotopic (exact) mass is 304 g/mol. The molecule has 1 aliphatic rings. The lowest BCUT2D eigenvalue weighted by Crippen LogP contribution is -2.40. The molecular weight excluding hydrogens is 284 g/mol. The Hall–Kier alpha value is -2.08. The number of furan rings is 1. The van der Waals surface area contributed by atoms with Crippen LogP contribution in [0.4, 0.5) is 0 Å². The summed E-state index contributed by atoms with van der Waals surface area (Å²) in [7, 11) is 0. The van der Waals surface area contributed by atoms with Gasteiger partial charge in [0.1, 0.15) is 17.3 Å². The molecule has 0 aliphatic carbocycles. The molecule has 2 aromatic heterocycles. The van der Waals surface area contributed by atoms with Crippen molar-refractivity contribution in [2.75, 3.05) is 13.2 Å². The molecule has 1 amide bonds. The molecule has 0 spiro atoms. The van der Waals surface area contributed by atoms with Crippen LogP contribution in [-0.4, -0.2) is 30.3 Å². The Morgan fingerprint density at radius 1 is 1.32 bits per heavy atom.